The lowest BCUT2D eigenvalue weighted by Gasteiger charge is -2.34. The lowest BCUT2D eigenvalue weighted by Crippen LogP contribution is -2.49. The van der Waals surface area contributed by atoms with Gasteiger partial charge in [0.25, 0.3) is 5.91 Å². The first-order chi connectivity index (χ1) is 13.5. The van der Waals surface area contributed by atoms with E-state index in [1.54, 1.807) is 21.5 Å². The van der Waals surface area contributed by atoms with Crippen molar-refractivity contribution in [1.82, 2.24) is 24.6 Å². The number of hydrogen-bond acceptors (Lipinski definition) is 6. The zero-order chi connectivity index (χ0) is 20.1. The summed E-state index contributed by atoms with van der Waals surface area (Å²) in [4.78, 5) is 31.5. The van der Waals surface area contributed by atoms with Gasteiger partial charge in [0.2, 0.25) is 5.82 Å². The third kappa shape index (κ3) is 4.73. The molecule has 0 bridgehead atoms. The highest BCUT2D eigenvalue weighted by Gasteiger charge is 2.29. The summed E-state index contributed by atoms with van der Waals surface area (Å²) in [5, 5.41) is 13.3. The minimum absolute atomic E-state index is 0.0727. The Balaban J connectivity index is 1.71. The van der Waals surface area contributed by atoms with E-state index in [2.05, 4.69) is 10.1 Å². The van der Waals surface area contributed by atoms with Crippen LogP contribution in [0.1, 0.15) is 23.4 Å². The van der Waals surface area contributed by atoms with Gasteiger partial charge in [-0.25, -0.2) is 9.67 Å². The van der Waals surface area contributed by atoms with E-state index in [4.69, 9.17) is 9.84 Å². The van der Waals surface area contributed by atoms with Crippen LogP contribution in [-0.4, -0.2) is 87.5 Å². The molecule has 1 aliphatic heterocycles. The van der Waals surface area contributed by atoms with E-state index in [1.807, 2.05) is 37.3 Å². The van der Waals surface area contributed by atoms with Gasteiger partial charge in [0, 0.05) is 26.1 Å². The predicted octanol–water partition coefficient (Wildman–Crippen LogP) is 0.687. The molecule has 0 radical (unpaired) electrons. The van der Waals surface area contributed by atoms with Crippen LogP contribution in [0.2, 0.25) is 0 Å². The molecule has 150 valence electrons. The van der Waals surface area contributed by atoms with Gasteiger partial charge in [0.15, 0.2) is 0 Å². The van der Waals surface area contributed by atoms with Crippen molar-refractivity contribution in [3.63, 3.8) is 0 Å². The number of benzene rings is 1. The number of nitrogens with zero attached hydrogens (tertiary/aromatic N) is 5. The lowest BCUT2D eigenvalue weighted by molar-refractivity contribution is -0.138. The van der Waals surface area contributed by atoms with Gasteiger partial charge in [0.05, 0.1) is 24.9 Å². The molecule has 1 unspecified atom stereocenters. The number of rotatable bonds is 7. The van der Waals surface area contributed by atoms with E-state index in [-0.39, 0.29) is 24.4 Å². The summed E-state index contributed by atoms with van der Waals surface area (Å²) in [5.74, 6) is -0.242. The first kappa shape index (κ1) is 20.0. The highest BCUT2D eigenvalue weighted by molar-refractivity contribution is 5.90. The second-order valence-electron chi connectivity index (χ2n) is 6.79. The van der Waals surface area contributed by atoms with Gasteiger partial charge in [-0.15, -0.1) is 5.10 Å². The van der Waals surface area contributed by atoms with Crippen molar-refractivity contribution >= 4 is 11.9 Å². The van der Waals surface area contributed by atoms with Gasteiger partial charge >= 0.3 is 5.97 Å². The summed E-state index contributed by atoms with van der Waals surface area (Å²) in [7, 11) is 1.72. The first-order valence-electron chi connectivity index (χ1n) is 9.30. The smallest absolute Gasteiger partial charge is 0.317 e. The number of amides is 1. The van der Waals surface area contributed by atoms with E-state index >= 15 is 0 Å². The predicted molar refractivity (Wildman–Crippen MR) is 102 cm³/mol. The molecule has 2 aromatic rings. The number of carboxylic acid groups (broad SMARTS) is 1. The average Bonchev–Trinajstić information content (AvgIpc) is 3.12. The fraction of sp³-hybridized carbons (Fsp3) is 0.474. The molecule has 28 heavy (non-hydrogen) atoms. The Morgan fingerprint density at radius 1 is 1.32 bits per heavy atom. The number of carboxylic acids is 1. The maximum absolute atomic E-state index is 12.9. The molecule has 1 saturated heterocycles. The van der Waals surface area contributed by atoms with Crippen molar-refractivity contribution in [2.45, 2.75) is 19.4 Å². The normalized spacial score (nSPS) is 17.1. The number of carbonyl (C=O) groups excluding carboxylic acids is 1. The maximum Gasteiger partial charge on any atom is 0.317 e. The highest BCUT2D eigenvalue weighted by Crippen LogP contribution is 2.14. The quantitative estimate of drug-likeness (QED) is 0.746. The molecule has 1 aromatic carbocycles. The molecule has 0 saturated carbocycles. The Labute approximate surface area is 163 Å². The number of carbonyl (C=O) groups is 2. The van der Waals surface area contributed by atoms with Crippen LogP contribution in [0.5, 0.6) is 0 Å². The van der Waals surface area contributed by atoms with Crippen LogP contribution >= 0.6 is 0 Å². The number of likely N-dealkylation sites (N-methyl/N-ethyl adjacent to an activating group) is 1. The van der Waals surface area contributed by atoms with E-state index in [0.717, 1.165) is 11.5 Å². The molecule has 1 aliphatic rings. The molecular formula is C19H25N5O4. The molecule has 9 nitrogen and oxygen atoms in total. The van der Waals surface area contributed by atoms with Crippen LogP contribution in [0.15, 0.2) is 30.3 Å². The third-order valence-corrected chi connectivity index (χ3v) is 4.53. The Kier molecular flexibility index (Phi) is 6.37. The number of aryl methyl sites for hydroxylation is 1. The number of ether oxygens (including phenoxy) is 1. The van der Waals surface area contributed by atoms with Crippen molar-refractivity contribution in [2.75, 3.05) is 39.8 Å². The maximum atomic E-state index is 12.9. The van der Waals surface area contributed by atoms with Gasteiger partial charge in [0.1, 0.15) is 5.82 Å². The lowest BCUT2D eigenvalue weighted by atomic mass is 10.2. The van der Waals surface area contributed by atoms with Gasteiger partial charge in [-0.1, -0.05) is 25.1 Å². The van der Waals surface area contributed by atoms with Crippen molar-refractivity contribution in [1.29, 1.82) is 0 Å². The Morgan fingerprint density at radius 2 is 2.07 bits per heavy atom. The van der Waals surface area contributed by atoms with Crippen LogP contribution in [0, 0.1) is 0 Å². The van der Waals surface area contributed by atoms with Crippen LogP contribution in [-0.2, 0) is 16.0 Å². The summed E-state index contributed by atoms with van der Waals surface area (Å²) in [6.45, 7) is 3.57. The molecule has 1 amide bonds. The Hall–Kier alpha value is -2.78. The molecule has 1 atom stereocenters. The summed E-state index contributed by atoms with van der Waals surface area (Å²) < 4.78 is 7.39. The SMILES string of the molecule is CCc1nc(C(=O)N2CCOC(CN(C)CC(=O)O)C2)nn1-c1ccccc1. The molecule has 1 fully saturated rings. The first-order valence-corrected chi connectivity index (χ1v) is 9.30. The van der Waals surface area contributed by atoms with Crippen LogP contribution < -0.4 is 0 Å². The topological polar surface area (TPSA) is 101 Å². The van der Waals surface area contributed by atoms with Crippen LogP contribution in [0.3, 0.4) is 0 Å². The minimum atomic E-state index is -0.894. The second kappa shape index (κ2) is 8.94. The average molecular weight is 387 g/mol. The number of morpholine rings is 1. The molecule has 9 heteroatoms. The van der Waals surface area contributed by atoms with Gasteiger partial charge in [-0.3, -0.25) is 14.5 Å². The summed E-state index contributed by atoms with van der Waals surface area (Å²) in [6.07, 6.45) is 0.407. The molecule has 1 aromatic heterocycles. The van der Waals surface area contributed by atoms with Crippen molar-refractivity contribution in [3.8, 4) is 5.69 Å². The van der Waals surface area contributed by atoms with E-state index in [0.29, 0.717) is 32.7 Å². The zero-order valence-electron chi connectivity index (χ0n) is 16.1. The fourth-order valence-corrected chi connectivity index (χ4v) is 3.24. The fourth-order valence-electron chi connectivity index (χ4n) is 3.24. The van der Waals surface area contributed by atoms with Crippen LogP contribution in [0.4, 0.5) is 0 Å². The third-order valence-electron chi connectivity index (χ3n) is 4.53. The monoisotopic (exact) mass is 387 g/mol. The number of aliphatic carboxylic acids is 1. The summed E-state index contributed by atoms with van der Waals surface area (Å²) >= 11 is 0. The van der Waals surface area contributed by atoms with Crippen molar-refractivity contribution in [2.24, 2.45) is 0 Å². The van der Waals surface area contributed by atoms with E-state index in [1.165, 1.54) is 0 Å². The molecule has 1 N–H and O–H groups in total. The molecule has 2 heterocycles. The number of para-hydroxylation sites is 1. The molecule has 0 spiro atoms. The van der Waals surface area contributed by atoms with Crippen molar-refractivity contribution < 1.29 is 19.4 Å². The Morgan fingerprint density at radius 3 is 2.75 bits per heavy atom. The van der Waals surface area contributed by atoms with Gasteiger partial charge in [-0.2, -0.15) is 0 Å². The highest BCUT2D eigenvalue weighted by atomic mass is 16.5. The van der Waals surface area contributed by atoms with Gasteiger partial charge in [-0.05, 0) is 19.2 Å². The molecule has 3 rings (SSSR count). The number of hydrogen-bond donors (Lipinski definition) is 1. The van der Waals surface area contributed by atoms with Crippen molar-refractivity contribution in [3.05, 3.63) is 42.0 Å². The summed E-state index contributed by atoms with van der Waals surface area (Å²) in [6, 6.07) is 9.60. The second-order valence-corrected chi connectivity index (χ2v) is 6.79. The van der Waals surface area contributed by atoms with E-state index < -0.39 is 5.97 Å². The van der Waals surface area contributed by atoms with Gasteiger partial charge < -0.3 is 14.7 Å². The minimum Gasteiger partial charge on any atom is -0.480 e. The molecular weight excluding hydrogens is 362 g/mol. The van der Waals surface area contributed by atoms with E-state index in [9.17, 15) is 9.59 Å². The molecule has 0 aliphatic carbocycles. The Bertz CT molecular complexity index is 823. The number of aromatic nitrogens is 3. The zero-order valence-corrected chi connectivity index (χ0v) is 16.1. The largest absolute Gasteiger partial charge is 0.480 e. The standard InChI is InChI=1S/C19H25N5O4/c1-3-16-20-18(21-24(16)14-7-5-4-6-8-14)19(27)23-9-10-28-15(12-23)11-22(2)13-17(25)26/h4-8,15H,3,9-13H2,1-2H3,(H,25,26). The van der Waals surface area contributed by atoms with Crippen LogP contribution in [0.25, 0.3) is 5.69 Å². The summed E-state index contributed by atoms with van der Waals surface area (Å²) in [5.41, 5.74) is 0.862.